The van der Waals surface area contributed by atoms with Crippen LogP contribution in [0.1, 0.15) is 18.9 Å². The predicted molar refractivity (Wildman–Crippen MR) is 122 cm³/mol. The number of rotatable bonds is 10. The van der Waals surface area contributed by atoms with Crippen LogP contribution >= 0.6 is 0 Å². The van der Waals surface area contributed by atoms with Gasteiger partial charge in [0.25, 0.3) is 5.56 Å². The SMILES string of the molecule is CCOC(=O)COC(=O)N(CCCOc1ccc2c(ccc(=O)n2C)c1)Cc1ccncc1. The van der Waals surface area contributed by atoms with Crippen molar-refractivity contribution in [3.05, 3.63) is 70.8 Å². The molecular weight excluding hydrogens is 426 g/mol. The monoisotopic (exact) mass is 453 g/mol. The summed E-state index contributed by atoms with van der Waals surface area (Å²) >= 11 is 0. The van der Waals surface area contributed by atoms with Crippen molar-refractivity contribution in [2.45, 2.75) is 19.9 Å². The Balaban J connectivity index is 1.57. The molecule has 0 aliphatic rings. The molecule has 3 rings (SSSR count). The lowest BCUT2D eigenvalue weighted by molar-refractivity contribution is -0.146. The molecule has 0 fully saturated rings. The molecule has 0 saturated heterocycles. The van der Waals surface area contributed by atoms with Crippen LogP contribution in [0.3, 0.4) is 0 Å². The molecule has 0 aliphatic carbocycles. The number of carbonyl (C=O) groups excluding carboxylic acids is 2. The number of carbonyl (C=O) groups is 2. The molecule has 0 bridgehead atoms. The standard InChI is InChI=1S/C24H27N3O6/c1-3-31-23(29)17-33-24(30)27(16-18-9-11-25-12-10-18)13-4-14-32-20-6-7-21-19(15-20)5-8-22(28)26(21)2/h5-12,15H,3-4,13-14,16-17H2,1-2H3. The van der Waals surface area contributed by atoms with Gasteiger partial charge in [0, 0.05) is 44.0 Å². The largest absolute Gasteiger partial charge is 0.494 e. The van der Waals surface area contributed by atoms with Crippen LogP contribution in [0.15, 0.2) is 59.7 Å². The van der Waals surface area contributed by atoms with Crippen LogP contribution in [0.25, 0.3) is 10.9 Å². The minimum Gasteiger partial charge on any atom is -0.494 e. The van der Waals surface area contributed by atoms with Crippen LogP contribution in [0.2, 0.25) is 0 Å². The molecule has 0 spiro atoms. The minimum absolute atomic E-state index is 0.0692. The first-order chi connectivity index (χ1) is 16.0. The molecule has 9 heteroatoms. The normalized spacial score (nSPS) is 10.6. The van der Waals surface area contributed by atoms with Crippen molar-refractivity contribution in [1.82, 2.24) is 14.5 Å². The third-order valence-electron chi connectivity index (χ3n) is 4.94. The maximum Gasteiger partial charge on any atom is 0.410 e. The number of nitrogens with zero attached hydrogens (tertiary/aromatic N) is 3. The number of pyridine rings is 2. The van der Waals surface area contributed by atoms with Gasteiger partial charge in [0.15, 0.2) is 6.61 Å². The number of aryl methyl sites for hydroxylation is 1. The van der Waals surface area contributed by atoms with Crippen LogP contribution in [-0.4, -0.2) is 52.9 Å². The number of esters is 1. The summed E-state index contributed by atoms with van der Waals surface area (Å²) in [5.74, 6) is 0.0820. The van der Waals surface area contributed by atoms with Crippen molar-refractivity contribution < 1.29 is 23.8 Å². The van der Waals surface area contributed by atoms with Gasteiger partial charge in [-0.3, -0.25) is 9.78 Å². The second-order valence-corrected chi connectivity index (χ2v) is 7.29. The molecule has 1 amide bonds. The van der Waals surface area contributed by atoms with Gasteiger partial charge in [-0.25, -0.2) is 9.59 Å². The molecule has 2 heterocycles. The van der Waals surface area contributed by atoms with Crippen molar-refractivity contribution in [1.29, 1.82) is 0 Å². The van der Waals surface area contributed by atoms with Gasteiger partial charge in [-0.15, -0.1) is 0 Å². The van der Waals surface area contributed by atoms with E-state index in [2.05, 4.69) is 4.98 Å². The quantitative estimate of drug-likeness (QED) is 0.344. The van der Waals surface area contributed by atoms with Crippen LogP contribution in [0, 0.1) is 0 Å². The minimum atomic E-state index is -0.605. The van der Waals surface area contributed by atoms with Crippen LogP contribution in [0.4, 0.5) is 4.79 Å². The van der Waals surface area contributed by atoms with E-state index in [4.69, 9.17) is 14.2 Å². The summed E-state index contributed by atoms with van der Waals surface area (Å²) < 4.78 is 17.3. The summed E-state index contributed by atoms with van der Waals surface area (Å²) in [4.78, 5) is 41.3. The average Bonchev–Trinajstić information content (AvgIpc) is 2.82. The summed E-state index contributed by atoms with van der Waals surface area (Å²) in [6.45, 7) is 2.52. The molecule has 0 radical (unpaired) electrons. The van der Waals surface area contributed by atoms with Crippen molar-refractivity contribution in [3.8, 4) is 5.75 Å². The zero-order chi connectivity index (χ0) is 23.6. The predicted octanol–water partition coefficient (Wildman–Crippen LogP) is 2.90. The number of fused-ring (bicyclic) bond motifs is 1. The lowest BCUT2D eigenvalue weighted by Gasteiger charge is -2.22. The molecule has 0 aliphatic heterocycles. The van der Waals surface area contributed by atoms with Gasteiger partial charge in [-0.1, -0.05) is 0 Å². The van der Waals surface area contributed by atoms with Crippen LogP contribution in [-0.2, 0) is 27.9 Å². The Morgan fingerprint density at radius 2 is 1.85 bits per heavy atom. The lowest BCUT2D eigenvalue weighted by Crippen LogP contribution is -2.34. The summed E-state index contributed by atoms with van der Waals surface area (Å²) in [6, 6.07) is 12.4. The third kappa shape index (κ3) is 6.80. The average molecular weight is 453 g/mol. The molecule has 174 valence electrons. The fourth-order valence-corrected chi connectivity index (χ4v) is 3.26. The van der Waals surface area contributed by atoms with Gasteiger partial charge in [-0.05, 0) is 55.3 Å². The van der Waals surface area contributed by atoms with E-state index in [1.54, 1.807) is 37.0 Å². The highest BCUT2D eigenvalue weighted by Crippen LogP contribution is 2.19. The van der Waals surface area contributed by atoms with Crippen LogP contribution < -0.4 is 10.3 Å². The number of ether oxygens (including phenoxy) is 3. The summed E-state index contributed by atoms with van der Waals surface area (Å²) in [5, 5.41) is 0.899. The molecule has 1 aromatic carbocycles. The maximum absolute atomic E-state index is 12.5. The number of hydrogen-bond acceptors (Lipinski definition) is 7. The highest BCUT2D eigenvalue weighted by Gasteiger charge is 2.17. The lowest BCUT2D eigenvalue weighted by atomic mass is 10.2. The molecule has 0 atom stereocenters. The fourth-order valence-electron chi connectivity index (χ4n) is 3.26. The van der Waals surface area contributed by atoms with Gasteiger partial charge in [0.1, 0.15) is 5.75 Å². The molecule has 9 nitrogen and oxygen atoms in total. The second-order valence-electron chi connectivity index (χ2n) is 7.29. The molecule has 2 aromatic heterocycles. The fraction of sp³-hybridized carbons (Fsp3) is 0.333. The summed E-state index contributed by atoms with van der Waals surface area (Å²) in [7, 11) is 1.73. The number of amides is 1. The summed E-state index contributed by atoms with van der Waals surface area (Å²) in [6.07, 6.45) is 3.24. The van der Waals surface area contributed by atoms with Gasteiger partial charge < -0.3 is 23.7 Å². The Morgan fingerprint density at radius 3 is 2.61 bits per heavy atom. The molecule has 0 unspecified atom stereocenters. The highest BCUT2D eigenvalue weighted by molar-refractivity contribution is 5.80. The first-order valence-electron chi connectivity index (χ1n) is 10.7. The third-order valence-corrected chi connectivity index (χ3v) is 4.94. The van der Waals surface area contributed by atoms with E-state index in [-0.39, 0.29) is 12.2 Å². The smallest absolute Gasteiger partial charge is 0.410 e. The van der Waals surface area contributed by atoms with E-state index in [0.717, 1.165) is 16.5 Å². The van der Waals surface area contributed by atoms with E-state index in [1.165, 1.54) is 11.0 Å². The Labute approximate surface area is 191 Å². The second kappa shape index (κ2) is 11.7. The van der Waals surface area contributed by atoms with Crippen molar-refractivity contribution in [2.24, 2.45) is 7.05 Å². The Kier molecular flexibility index (Phi) is 8.40. The zero-order valence-electron chi connectivity index (χ0n) is 18.7. The molecular formula is C24H27N3O6. The summed E-state index contributed by atoms with van der Waals surface area (Å²) in [5.41, 5.74) is 1.64. The molecule has 0 saturated carbocycles. The molecule has 0 N–H and O–H groups in total. The van der Waals surface area contributed by atoms with Gasteiger partial charge >= 0.3 is 12.1 Å². The van der Waals surface area contributed by atoms with Gasteiger partial charge in [-0.2, -0.15) is 0 Å². The number of aromatic nitrogens is 2. The van der Waals surface area contributed by atoms with Crippen molar-refractivity contribution >= 4 is 23.0 Å². The van der Waals surface area contributed by atoms with Crippen molar-refractivity contribution in [2.75, 3.05) is 26.4 Å². The van der Waals surface area contributed by atoms with E-state index < -0.39 is 18.7 Å². The van der Waals surface area contributed by atoms with Gasteiger partial charge in [0.05, 0.1) is 18.7 Å². The Hall–Kier alpha value is -3.88. The first-order valence-corrected chi connectivity index (χ1v) is 10.7. The van der Waals surface area contributed by atoms with E-state index >= 15 is 0 Å². The Morgan fingerprint density at radius 1 is 1.06 bits per heavy atom. The Bertz CT molecular complexity index is 1150. The first kappa shape index (κ1) is 23.8. The number of benzene rings is 1. The van der Waals surface area contributed by atoms with E-state index in [0.29, 0.717) is 31.9 Å². The highest BCUT2D eigenvalue weighted by atomic mass is 16.6. The topological polar surface area (TPSA) is 100.0 Å². The van der Waals surface area contributed by atoms with E-state index in [9.17, 15) is 14.4 Å². The van der Waals surface area contributed by atoms with Gasteiger partial charge in [0.2, 0.25) is 0 Å². The number of hydrogen-bond donors (Lipinski definition) is 0. The van der Waals surface area contributed by atoms with E-state index in [1.807, 2.05) is 30.3 Å². The maximum atomic E-state index is 12.5. The van der Waals surface area contributed by atoms with Crippen molar-refractivity contribution in [3.63, 3.8) is 0 Å². The molecule has 3 aromatic rings. The molecule has 33 heavy (non-hydrogen) atoms. The zero-order valence-corrected chi connectivity index (χ0v) is 18.7. The van der Waals surface area contributed by atoms with Crippen LogP contribution in [0.5, 0.6) is 5.75 Å².